The normalized spacial score (nSPS) is 9.74. The third-order valence-corrected chi connectivity index (χ3v) is 2.37. The molecule has 1 N–H and O–H groups in total. The molecule has 0 aliphatic heterocycles. The zero-order valence-corrected chi connectivity index (χ0v) is 12.1. The van der Waals surface area contributed by atoms with Gasteiger partial charge in [-0.25, -0.2) is 0 Å². The number of hydrogen-bond donors (Lipinski definition) is 1. The average molecular weight is 265 g/mol. The van der Waals surface area contributed by atoms with Crippen LogP contribution in [0.5, 0.6) is 0 Å². The maximum Gasteiger partial charge on any atom is 0.316 e. The van der Waals surface area contributed by atoms with E-state index in [2.05, 4.69) is 36.4 Å². The van der Waals surface area contributed by atoms with E-state index in [1.165, 1.54) is 0 Å². The maximum atomic E-state index is 10.6. The molecular weight excluding hydrogens is 242 g/mol. The first-order valence-electron chi connectivity index (χ1n) is 6.31. The Morgan fingerprint density at radius 3 is 2.26 bits per heavy atom. The van der Waals surface area contributed by atoms with E-state index in [9.17, 15) is 9.70 Å². The van der Waals surface area contributed by atoms with Crippen LogP contribution in [-0.2, 0) is 0 Å². The summed E-state index contributed by atoms with van der Waals surface area (Å²) in [5, 5.41) is 5.54. The van der Waals surface area contributed by atoms with Crippen LogP contribution >= 0.6 is 0 Å². The van der Waals surface area contributed by atoms with Crippen LogP contribution in [0.3, 0.4) is 0 Å². The molecule has 0 atom stereocenters. The molecule has 0 aliphatic carbocycles. The summed E-state index contributed by atoms with van der Waals surface area (Å²) in [7, 11) is 4.16. The fourth-order valence-corrected chi connectivity index (χ4v) is 1.23. The highest BCUT2D eigenvalue weighted by atomic mass is 16.3. The summed E-state index contributed by atoms with van der Waals surface area (Å²) in [6.07, 6.45) is 0. The minimum atomic E-state index is -0.718. The fraction of sp³-hybridized carbons (Fsp3) is 0.500. The van der Waals surface area contributed by atoms with Crippen molar-refractivity contribution in [2.24, 2.45) is 5.18 Å². The molecule has 0 fully saturated rings. The Balaban J connectivity index is 0.000000362. The number of hydrogen-bond acceptors (Lipinski definition) is 4. The molecule has 1 amide bonds. The van der Waals surface area contributed by atoms with Gasteiger partial charge in [0, 0.05) is 23.8 Å². The number of aryl methyl sites for hydroxylation is 1. The number of likely N-dealkylation sites (N-methyl/N-ethyl adjacent to an activating group) is 2. The van der Waals surface area contributed by atoms with Crippen LogP contribution < -0.4 is 5.32 Å². The summed E-state index contributed by atoms with van der Waals surface area (Å²) in [4.78, 5) is 22.6. The van der Waals surface area contributed by atoms with Crippen molar-refractivity contribution in [1.29, 1.82) is 0 Å². The molecule has 0 aliphatic rings. The minimum Gasteiger partial charge on any atom is -0.316 e. The Hall–Kier alpha value is -1.59. The second kappa shape index (κ2) is 10.3. The molecule has 5 nitrogen and oxygen atoms in total. The standard InChI is InChI=1S/C8H7NO2.C6H16N2/c1-6-2-4-7(5-3-6)8(10)9-11;1-4-7-5-6-8(2)3/h2-5H,1H3;7H,4-6H2,1-3H3. The SMILES string of the molecule is CCNCCN(C)C.Cc1ccc(C(=O)N=O)cc1. The number of nitroso groups, excluding NO2 is 1. The zero-order chi connectivity index (χ0) is 14.7. The highest BCUT2D eigenvalue weighted by molar-refractivity contribution is 5.94. The van der Waals surface area contributed by atoms with E-state index in [1.807, 2.05) is 6.92 Å². The minimum absolute atomic E-state index is 0.339. The Morgan fingerprint density at radius 2 is 1.84 bits per heavy atom. The molecule has 0 unspecified atom stereocenters. The second-order valence-corrected chi connectivity index (χ2v) is 4.42. The van der Waals surface area contributed by atoms with Crippen LogP contribution in [0.2, 0.25) is 0 Å². The summed E-state index contributed by atoms with van der Waals surface area (Å²) in [6.45, 7) is 7.34. The van der Waals surface area contributed by atoms with Gasteiger partial charge in [0.25, 0.3) is 0 Å². The molecule has 0 saturated heterocycles. The van der Waals surface area contributed by atoms with Gasteiger partial charge in [0.15, 0.2) is 0 Å². The van der Waals surface area contributed by atoms with E-state index < -0.39 is 5.91 Å². The molecule has 0 aromatic heterocycles. The summed E-state index contributed by atoms with van der Waals surface area (Å²) >= 11 is 0. The smallest absolute Gasteiger partial charge is 0.316 e. The van der Waals surface area contributed by atoms with Crippen molar-refractivity contribution < 1.29 is 4.79 Å². The Labute approximate surface area is 115 Å². The van der Waals surface area contributed by atoms with Gasteiger partial charge >= 0.3 is 5.91 Å². The van der Waals surface area contributed by atoms with Crippen molar-refractivity contribution in [3.63, 3.8) is 0 Å². The molecule has 0 bridgehead atoms. The van der Waals surface area contributed by atoms with Gasteiger partial charge in [0.2, 0.25) is 0 Å². The summed E-state index contributed by atoms with van der Waals surface area (Å²) in [5.74, 6) is -0.718. The van der Waals surface area contributed by atoms with Gasteiger partial charge < -0.3 is 10.2 Å². The third-order valence-electron chi connectivity index (χ3n) is 2.37. The second-order valence-electron chi connectivity index (χ2n) is 4.42. The molecule has 1 aromatic rings. The molecule has 0 heterocycles. The first-order chi connectivity index (χ1) is 9.01. The number of amides is 1. The van der Waals surface area contributed by atoms with Crippen LogP contribution in [0, 0.1) is 11.8 Å². The lowest BCUT2D eigenvalue weighted by molar-refractivity contribution is 0.100. The number of carbonyl (C=O) groups is 1. The Bertz CT molecular complexity index is 375. The van der Waals surface area contributed by atoms with E-state index >= 15 is 0 Å². The highest BCUT2D eigenvalue weighted by Gasteiger charge is 2.02. The van der Waals surface area contributed by atoms with Crippen molar-refractivity contribution in [2.45, 2.75) is 13.8 Å². The third kappa shape index (κ3) is 9.04. The van der Waals surface area contributed by atoms with Crippen LogP contribution in [0.25, 0.3) is 0 Å². The molecule has 0 saturated carbocycles. The molecule has 1 aromatic carbocycles. The van der Waals surface area contributed by atoms with Gasteiger partial charge in [0.05, 0.1) is 0 Å². The molecule has 106 valence electrons. The van der Waals surface area contributed by atoms with Gasteiger partial charge in [0.1, 0.15) is 0 Å². The average Bonchev–Trinajstić information content (AvgIpc) is 2.39. The molecule has 5 heteroatoms. The number of nitrogens with one attached hydrogen (secondary N) is 1. The molecule has 0 spiro atoms. The summed E-state index contributed by atoms with van der Waals surface area (Å²) in [6, 6.07) is 6.69. The van der Waals surface area contributed by atoms with Crippen molar-refractivity contribution in [3.05, 3.63) is 40.3 Å². The van der Waals surface area contributed by atoms with Crippen LogP contribution in [0.15, 0.2) is 29.4 Å². The topological polar surface area (TPSA) is 61.8 Å². The van der Waals surface area contributed by atoms with E-state index in [0.717, 1.165) is 25.2 Å². The summed E-state index contributed by atoms with van der Waals surface area (Å²) in [5.41, 5.74) is 1.39. The predicted octanol–water partition coefficient (Wildman–Crippen LogP) is 2.06. The van der Waals surface area contributed by atoms with Crippen LogP contribution in [0.1, 0.15) is 22.8 Å². The van der Waals surface area contributed by atoms with Crippen molar-refractivity contribution in [1.82, 2.24) is 10.2 Å². The van der Waals surface area contributed by atoms with Crippen LogP contribution in [0.4, 0.5) is 0 Å². The van der Waals surface area contributed by atoms with Gasteiger partial charge in [-0.1, -0.05) is 24.6 Å². The maximum absolute atomic E-state index is 10.6. The van der Waals surface area contributed by atoms with E-state index in [-0.39, 0.29) is 0 Å². The first kappa shape index (κ1) is 17.4. The highest BCUT2D eigenvalue weighted by Crippen LogP contribution is 2.03. The predicted molar refractivity (Wildman–Crippen MR) is 78.4 cm³/mol. The van der Waals surface area contributed by atoms with Gasteiger partial charge in [-0.3, -0.25) is 4.79 Å². The quantitative estimate of drug-likeness (QED) is 0.654. The monoisotopic (exact) mass is 265 g/mol. The van der Waals surface area contributed by atoms with Crippen molar-refractivity contribution in [3.8, 4) is 0 Å². The largest absolute Gasteiger partial charge is 0.316 e. The Morgan fingerprint density at radius 1 is 1.26 bits per heavy atom. The van der Waals surface area contributed by atoms with E-state index in [4.69, 9.17) is 0 Å². The van der Waals surface area contributed by atoms with Gasteiger partial charge in [-0.15, -0.1) is 4.91 Å². The molecular formula is C14H23N3O2. The zero-order valence-electron chi connectivity index (χ0n) is 12.1. The lowest BCUT2D eigenvalue weighted by atomic mass is 10.1. The van der Waals surface area contributed by atoms with Crippen molar-refractivity contribution in [2.75, 3.05) is 33.7 Å². The lowest BCUT2D eigenvalue weighted by Gasteiger charge is -2.08. The molecule has 19 heavy (non-hydrogen) atoms. The van der Waals surface area contributed by atoms with Crippen LogP contribution in [-0.4, -0.2) is 44.5 Å². The first-order valence-corrected chi connectivity index (χ1v) is 6.31. The Kier molecular flexibility index (Phi) is 9.48. The van der Waals surface area contributed by atoms with Gasteiger partial charge in [-0.05, 0) is 39.7 Å². The number of nitrogens with zero attached hydrogens (tertiary/aromatic N) is 2. The number of rotatable bonds is 5. The number of carbonyl (C=O) groups excluding carboxylic acids is 1. The molecule has 0 radical (unpaired) electrons. The summed E-state index contributed by atoms with van der Waals surface area (Å²) < 4.78 is 0. The van der Waals surface area contributed by atoms with E-state index in [0.29, 0.717) is 5.56 Å². The molecule has 1 rings (SSSR count). The van der Waals surface area contributed by atoms with E-state index in [1.54, 1.807) is 24.3 Å². The lowest BCUT2D eigenvalue weighted by Crippen LogP contribution is -2.26. The fourth-order valence-electron chi connectivity index (χ4n) is 1.23. The van der Waals surface area contributed by atoms with Gasteiger partial charge in [-0.2, -0.15) is 0 Å². The number of benzene rings is 1. The van der Waals surface area contributed by atoms with Crippen molar-refractivity contribution >= 4 is 5.91 Å².